The Balaban J connectivity index is 1.69. The number of morpholine rings is 1. The summed E-state index contributed by atoms with van der Waals surface area (Å²) in [5, 5.41) is 1.15. The van der Waals surface area contributed by atoms with Crippen LogP contribution >= 0.6 is 8.46 Å². The largest absolute Gasteiger partial charge is 0.408 e. The van der Waals surface area contributed by atoms with E-state index in [0.717, 1.165) is 29.5 Å². The Hall–Kier alpha value is -2.19. The Bertz CT molecular complexity index is 1090. The Labute approximate surface area is 210 Å². The smallest absolute Gasteiger partial charge is 0.379 e. The first-order valence-corrected chi connectivity index (χ1v) is 13.4. The zero-order valence-corrected chi connectivity index (χ0v) is 21.5. The van der Waals surface area contributed by atoms with Crippen LogP contribution in [-0.4, -0.2) is 68.0 Å². The lowest BCUT2D eigenvalue weighted by Gasteiger charge is -2.30. The van der Waals surface area contributed by atoms with Crippen molar-refractivity contribution in [2.45, 2.75) is 38.3 Å². The summed E-state index contributed by atoms with van der Waals surface area (Å²) in [7, 11) is -1.26. The lowest BCUT2D eigenvalue weighted by molar-refractivity contribution is -0.234. The minimum atomic E-state index is -4.62. The molecule has 10 heteroatoms. The molecule has 36 heavy (non-hydrogen) atoms. The van der Waals surface area contributed by atoms with Crippen molar-refractivity contribution in [3.63, 3.8) is 0 Å². The zero-order valence-electron chi connectivity index (χ0n) is 20.4. The van der Waals surface area contributed by atoms with Gasteiger partial charge in [-0.3, -0.25) is 14.5 Å². The van der Waals surface area contributed by atoms with Crippen LogP contribution < -0.4 is 5.30 Å². The highest BCUT2D eigenvalue weighted by atomic mass is 31.1. The van der Waals surface area contributed by atoms with Gasteiger partial charge in [-0.15, -0.1) is 0 Å². The maximum Gasteiger partial charge on any atom is 0.408 e. The molecule has 2 aromatic carbocycles. The van der Waals surface area contributed by atoms with Crippen LogP contribution in [0.4, 0.5) is 13.2 Å². The molecule has 1 fully saturated rings. The van der Waals surface area contributed by atoms with E-state index in [9.17, 15) is 22.5 Å². The average molecular weight is 525 g/mol. The molecule has 1 heterocycles. The van der Waals surface area contributed by atoms with Gasteiger partial charge in [-0.25, -0.2) is 5.06 Å². The van der Waals surface area contributed by atoms with Crippen LogP contribution in [0.3, 0.4) is 0 Å². The SMILES string of the molecule is CCCCc1c([PH2]=O)ccc2c1C(C(=O)N(CC(F)(F)F)OCCN1CCOCC1)c1ccccc1-2. The lowest BCUT2D eigenvalue weighted by Crippen LogP contribution is -2.44. The Morgan fingerprint density at radius 3 is 2.61 bits per heavy atom. The topological polar surface area (TPSA) is 59.1 Å². The van der Waals surface area contributed by atoms with Crippen molar-refractivity contribution in [2.24, 2.45) is 0 Å². The van der Waals surface area contributed by atoms with Crippen molar-refractivity contribution in [3.05, 3.63) is 53.1 Å². The fourth-order valence-corrected chi connectivity index (χ4v) is 5.61. The molecule has 1 aliphatic heterocycles. The molecule has 2 atom stereocenters. The summed E-state index contributed by atoms with van der Waals surface area (Å²) in [5.41, 5.74) is 3.76. The Morgan fingerprint density at radius 1 is 1.17 bits per heavy atom. The van der Waals surface area contributed by atoms with E-state index in [1.54, 1.807) is 12.1 Å². The summed E-state index contributed by atoms with van der Waals surface area (Å²) < 4.78 is 58.0. The lowest BCUT2D eigenvalue weighted by atomic mass is 9.89. The third-order valence-electron chi connectivity index (χ3n) is 6.73. The fraction of sp³-hybridized carbons (Fsp3) is 0.500. The predicted molar refractivity (Wildman–Crippen MR) is 133 cm³/mol. The van der Waals surface area contributed by atoms with Crippen molar-refractivity contribution in [1.29, 1.82) is 0 Å². The second-order valence-electron chi connectivity index (χ2n) is 9.11. The summed E-state index contributed by atoms with van der Waals surface area (Å²) in [6, 6.07) is 10.9. The van der Waals surface area contributed by atoms with Gasteiger partial charge in [0.05, 0.1) is 34.2 Å². The van der Waals surface area contributed by atoms with E-state index >= 15 is 0 Å². The number of amides is 1. The Kier molecular flexibility index (Phi) is 8.88. The number of carbonyl (C=O) groups excluding carboxylic acids is 1. The third kappa shape index (κ3) is 6.02. The first kappa shape index (κ1) is 26.9. The fourth-order valence-electron chi connectivity index (χ4n) is 4.99. The van der Waals surface area contributed by atoms with Crippen molar-refractivity contribution >= 4 is 19.7 Å². The van der Waals surface area contributed by atoms with Crippen molar-refractivity contribution in [1.82, 2.24) is 9.96 Å². The Morgan fingerprint density at radius 2 is 1.92 bits per heavy atom. The first-order valence-electron chi connectivity index (χ1n) is 12.4. The van der Waals surface area contributed by atoms with Gasteiger partial charge in [0.15, 0.2) is 0 Å². The van der Waals surface area contributed by atoms with Crippen LogP contribution in [0.1, 0.15) is 42.4 Å². The van der Waals surface area contributed by atoms with Gasteiger partial charge in [-0.2, -0.15) is 13.2 Å². The number of carbonyl (C=O) groups is 1. The highest BCUT2D eigenvalue weighted by Gasteiger charge is 2.42. The van der Waals surface area contributed by atoms with E-state index in [1.165, 1.54) is 0 Å². The van der Waals surface area contributed by atoms with E-state index in [2.05, 4.69) is 0 Å². The standard InChI is InChI=1S/C26H32F3N2O4P/c1-2-3-6-21-22(36-33)10-9-20-18-7-4-5-8-19(18)24(23(20)21)25(32)31(17-26(27,28)29)35-16-13-30-11-14-34-15-12-30/h4-5,7-10,24H,2-3,6,11-17,36H2,1H3. The molecule has 1 aliphatic carbocycles. The van der Waals surface area contributed by atoms with Gasteiger partial charge in [0.2, 0.25) is 0 Å². The summed E-state index contributed by atoms with van der Waals surface area (Å²) in [4.78, 5) is 21.4. The molecule has 6 nitrogen and oxygen atoms in total. The number of unbranched alkanes of at least 4 members (excludes halogenated alkanes) is 1. The van der Waals surface area contributed by atoms with Gasteiger partial charge in [0.25, 0.3) is 5.91 Å². The highest BCUT2D eigenvalue weighted by Crippen LogP contribution is 2.47. The highest BCUT2D eigenvalue weighted by molar-refractivity contribution is 7.34. The van der Waals surface area contributed by atoms with Gasteiger partial charge < -0.3 is 9.30 Å². The molecular weight excluding hydrogens is 492 g/mol. The zero-order chi connectivity index (χ0) is 25.7. The van der Waals surface area contributed by atoms with Gasteiger partial charge in [0, 0.05) is 24.9 Å². The van der Waals surface area contributed by atoms with Gasteiger partial charge in [-0.1, -0.05) is 49.7 Å². The number of hydrogen-bond donors (Lipinski definition) is 0. The normalized spacial score (nSPS) is 17.9. The van der Waals surface area contributed by atoms with Crippen LogP contribution in [0.2, 0.25) is 0 Å². The molecule has 1 saturated heterocycles. The summed E-state index contributed by atoms with van der Waals surface area (Å²) in [6.45, 7) is 3.35. The molecule has 2 unspecified atom stereocenters. The van der Waals surface area contributed by atoms with Gasteiger partial charge in [-0.05, 0) is 40.7 Å². The minimum Gasteiger partial charge on any atom is -0.379 e. The summed E-state index contributed by atoms with van der Waals surface area (Å²) >= 11 is 0. The number of halogens is 3. The van der Waals surface area contributed by atoms with Crippen molar-refractivity contribution in [3.8, 4) is 11.1 Å². The minimum absolute atomic E-state index is 0.0452. The van der Waals surface area contributed by atoms with E-state index in [1.807, 2.05) is 36.1 Å². The number of hydrogen-bond acceptors (Lipinski definition) is 5. The van der Waals surface area contributed by atoms with E-state index in [4.69, 9.17) is 9.57 Å². The molecule has 0 saturated carbocycles. The maximum absolute atomic E-state index is 13.9. The van der Waals surface area contributed by atoms with Crippen molar-refractivity contribution < 1.29 is 32.1 Å². The number of nitrogens with zero attached hydrogens (tertiary/aromatic N) is 2. The predicted octanol–water partition coefficient (Wildman–Crippen LogP) is 4.18. The molecule has 0 N–H and O–H groups in total. The number of ether oxygens (including phenoxy) is 1. The van der Waals surface area contributed by atoms with E-state index in [-0.39, 0.29) is 6.61 Å². The average Bonchev–Trinajstić information content (AvgIpc) is 3.20. The molecule has 1 amide bonds. The quantitative estimate of drug-likeness (QED) is 0.345. The van der Waals surface area contributed by atoms with Gasteiger partial charge >= 0.3 is 6.18 Å². The van der Waals surface area contributed by atoms with E-state index in [0.29, 0.717) is 60.8 Å². The van der Waals surface area contributed by atoms with E-state index < -0.39 is 33.0 Å². The number of benzene rings is 2. The second-order valence-corrected chi connectivity index (χ2v) is 9.97. The van der Waals surface area contributed by atoms with Gasteiger partial charge in [0.1, 0.15) is 6.54 Å². The molecule has 2 aliphatic rings. The third-order valence-corrected chi connectivity index (χ3v) is 7.52. The molecule has 196 valence electrons. The summed E-state index contributed by atoms with van der Waals surface area (Å²) in [5.74, 6) is -1.70. The van der Waals surface area contributed by atoms with Crippen molar-refractivity contribution in [2.75, 3.05) is 46.0 Å². The second kappa shape index (κ2) is 11.9. The number of rotatable bonds is 10. The van der Waals surface area contributed by atoms with Crippen LogP contribution in [0, 0.1) is 0 Å². The van der Waals surface area contributed by atoms with Crippen LogP contribution in [0.15, 0.2) is 36.4 Å². The first-order chi connectivity index (χ1) is 17.3. The molecule has 0 bridgehead atoms. The monoisotopic (exact) mass is 524 g/mol. The van der Waals surface area contributed by atoms with Crippen LogP contribution in [0.5, 0.6) is 0 Å². The molecular formula is C26H32F3N2O4P. The molecule has 4 rings (SSSR count). The van der Waals surface area contributed by atoms with Crippen LogP contribution in [-0.2, 0) is 25.4 Å². The molecule has 0 aromatic heterocycles. The molecule has 0 spiro atoms. The number of fused-ring (bicyclic) bond motifs is 3. The molecule has 2 aromatic rings. The number of hydroxylamine groups is 2. The molecule has 0 radical (unpaired) electrons. The van der Waals surface area contributed by atoms with Crippen LogP contribution in [0.25, 0.3) is 11.1 Å². The maximum atomic E-state index is 13.9. The number of alkyl halides is 3. The summed E-state index contributed by atoms with van der Waals surface area (Å²) in [6.07, 6.45) is -2.29.